The minimum absolute atomic E-state index is 0.149. The lowest BCUT2D eigenvalue weighted by molar-refractivity contribution is -0.138. The fourth-order valence-corrected chi connectivity index (χ4v) is 3.74. The van der Waals surface area contributed by atoms with Crippen LogP contribution in [0.1, 0.15) is 47.9 Å². The minimum atomic E-state index is -4.34. The van der Waals surface area contributed by atoms with Gasteiger partial charge in [0.1, 0.15) is 0 Å². The Morgan fingerprint density at radius 2 is 0.933 bits per heavy atom. The zero-order valence-electron chi connectivity index (χ0n) is 16.3. The van der Waals surface area contributed by atoms with Crippen LogP contribution in [-0.2, 0) is 25.4 Å². The van der Waals surface area contributed by atoms with E-state index in [4.69, 9.17) is 0 Å². The van der Waals surface area contributed by atoms with Crippen molar-refractivity contribution in [3.8, 4) is 0 Å². The summed E-state index contributed by atoms with van der Waals surface area (Å²) >= 11 is 0. The molecule has 0 saturated heterocycles. The highest BCUT2D eigenvalue weighted by Crippen LogP contribution is 2.30. The summed E-state index contributed by atoms with van der Waals surface area (Å²) in [6, 6.07) is 10.5. The molecule has 1 aliphatic carbocycles. The van der Waals surface area contributed by atoms with Crippen LogP contribution in [0.15, 0.2) is 48.5 Å². The van der Waals surface area contributed by atoms with E-state index in [2.05, 4.69) is 10.6 Å². The normalized spacial score (nSPS) is 20.3. The predicted molar refractivity (Wildman–Crippen MR) is 103 cm³/mol. The predicted octanol–water partition coefficient (Wildman–Crippen LogP) is 5.91. The van der Waals surface area contributed by atoms with Gasteiger partial charge in [0, 0.05) is 25.2 Å². The van der Waals surface area contributed by atoms with Gasteiger partial charge in [0.2, 0.25) is 0 Å². The van der Waals surface area contributed by atoms with Crippen LogP contribution in [0.25, 0.3) is 0 Å². The third-order valence-electron chi connectivity index (χ3n) is 5.47. The molecule has 0 aliphatic heterocycles. The highest BCUT2D eigenvalue weighted by Gasteiger charge is 2.31. The minimum Gasteiger partial charge on any atom is -0.308 e. The van der Waals surface area contributed by atoms with Crippen LogP contribution in [-0.4, -0.2) is 12.1 Å². The molecule has 1 aliphatic rings. The first-order chi connectivity index (χ1) is 14.1. The van der Waals surface area contributed by atoms with Crippen molar-refractivity contribution in [3.05, 3.63) is 70.8 Å². The highest BCUT2D eigenvalue weighted by molar-refractivity contribution is 5.25. The highest BCUT2D eigenvalue weighted by atomic mass is 19.4. The van der Waals surface area contributed by atoms with Gasteiger partial charge in [0.25, 0.3) is 0 Å². The molecule has 164 valence electrons. The number of hydrogen-bond acceptors (Lipinski definition) is 2. The summed E-state index contributed by atoms with van der Waals surface area (Å²) in [6.07, 6.45) is -4.70. The molecule has 30 heavy (non-hydrogen) atoms. The second-order valence-electron chi connectivity index (χ2n) is 7.65. The Morgan fingerprint density at radius 3 is 1.23 bits per heavy atom. The second kappa shape index (κ2) is 9.39. The molecule has 2 aromatic carbocycles. The molecule has 0 radical (unpaired) electrons. The molecular weight excluding hydrogens is 406 g/mol. The molecule has 1 fully saturated rings. The standard InChI is InChI=1S/C22H24F6N2/c23-21(24,25)17-9-5-15(6-10-17)13-29-19-3-1-2-4-20(19)30-14-16-7-11-18(12-8-16)22(26,27)28/h5-12,19-20,29-30H,1-4,13-14H2. The summed E-state index contributed by atoms with van der Waals surface area (Å²) in [7, 11) is 0. The number of rotatable bonds is 6. The van der Waals surface area contributed by atoms with Crippen LogP contribution in [0.3, 0.4) is 0 Å². The van der Waals surface area contributed by atoms with Gasteiger partial charge in [-0.1, -0.05) is 37.1 Å². The molecule has 2 nitrogen and oxygen atoms in total. The van der Waals surface area contributed by atoms with Gasteiger partial charge in [-0.2, -0.15) is 26.3 Å². The molecule has 2 aromatic rings. The van der Waals surface area contributed by atoms with Crippen molar-refractivity contribution in [1.29, 1.82) is 0 Å². The Balaban J connectivity index is 1.53. The second-order valence-corrected chi connectivity index (χ2v) is 7.65. The maximum atomic E-state index is 12.7. The van der Waals surface area contributed by atoms with Crippen molar-refractivity contribution in [1.82, 2.24) is 10.6 Å². The molecule has 2 N–H and O–H groups in total. The van der Waals surface area contributed by atoms with E-state index in [1.807, 2.05) is 0 Å². The summed E-state index contributed by atoms with van der Waals surface area (Å²) in [6.45, 7) is 0.919. The summed E-state index contributed by atoms with van der Waals surface area (Å²) in [5, 5.41) is 6.84. The Morgan fingerprint density at radius 1 is 0.600 bits per heavy atom. The van der Waals surface area contributed by atoms with Crippen LogP contribution >= 0.6 is 0 Å². The van der Waals surface area contributed by atoms with Crippen LogP contribution in [0, 0.1) is 0 Å². The van der Waals surface area contributed by atoms with Crippen molar-refractivity contribution >= 4 is 0 Å². The number of hydrogen-bond donors (Lipinski definition) is 2. The first kappa shape index (κ1) is 22.6. The molecule has 2 unspecified atom stereocenters. The largest absolute Gasteiger partial charge is 0.416 e. The SMILES string of the molecule is FC(F)(F)c1ccc(CNC2CCCCC2NCc2ccc(C(F)(F)F)cc2)cc1. The number of benzene rings is 2. The van der Waals surface area contributed by atoms with E-state index in [0.717, 1.165) is 61.1 Å². The van der Waals surface area contributed by atoms with Crippen LogP contribution in [0.2, 0.25) is 0 Å². The molecule has 0 amide bonds. The first-order valence-corrected chi connectivity index (χ1v) is 9.92. The van der Waals surface area contributed by atoms with Gasteiger partial charge in [0.15, 0.2) is 0 Å². The van der Waals surface area contributed by atoms with Crippen molar-refractivity contribution in [2.75, 3.05) is 0 Å². The number of nitrogens with one attached hydrogen (secondary N) is 2. The molecule has 1 saturated carbocycles. The van der Waals surface area contributed by atoms with Crippen LogP contribution in [0.5, 0.6) is 0 Å². The fourth-order valence-electron chi connectivity index (χ4n) is 3.74. The van der Waals surface area contributed by atoms with Gasteiger partial charge >= 0.3 is 12.4 Å². The molecule has 0 aromatic heterocycles. The average Bonchev–Trinajstić information content (AvgIpc) is 2.70. The Labute approximate surface area is 171 Å². The van der Waals surface area contributed by atoms with E-state index in [9.17, 15) is 26.3 Å². The fraction of sp³-hybridized carbons (Fsp3) is 0.455. The average molecular weight is 430 g/mol. The quantitative estimate of drug-likeness (QED) is 0.557. The maximum absolute atomic E-state index is 12.7. The van der Waals surface area contributed by atoms with Crippen molar-refractivity contribution in [2.45, 2.75) is 63.2 Å². The lowest BCUT2D eigenvalue weighted by atomic mass is 9.90. The van der Waals surface area contributed by atoms with Crippen LogP contribution < -0.4 is 10.6 Å². The van der Waals surface area contributed by atoms with E-state index in [0.29, 0.717) is 13.1 Å². The monoisotopic (exact) mass is 430 g/mol. The van der Waals surface area contributed by atoms with Crippen molar-refractivity contribution in [2.24, 2.45) is 0 Å². The lowest BCUT2D eigenvalue weighted by Crippen LogP contribution is -2.49. The van der Waals surface area contributed by atoms with Gasteiger partial charge < -0.3 is 10.6 Å². The van der Waals surface area contributed by atoms with Gasteiger partial charge in [-0.3, -0.25) is 0 Å². The molecule has 0 heterocycles. The molecule has 3 rings (SSSR count). The van der Waals surface area contributed by atoms with Crippen LogP contribution in [0.4, 0.5) is 26.3 Å². The van der Waals surface area contributed by atoms with E-state index < -0.39 is 23.5 Å². The zero-order valence-corrected chi connectivity index (χ0v) is 16.3. The number of halogens is 6. The summed E-state index contributed by atoms with van der Waals surface area (Å²) in [5.74, 6) is 0. The number of alkyl halides is 6. The Hall–Kier alpha value is -2.06. The molecule has 8 heteroatoms. The van der Waals surface area contributed by atoms with E-state index >= 15 is 0 Å². The molecular formula is C22H24F6N2. The van der Waals surface area contributed by atoms with Gasteiger partial charge in [-0.25, -0.2) is 0 Å². The molecule has 2 atom stereocenters. The van der Waals surface area contributed by atoms with E-state index in [-0.39, 0.29) is 12.1 Å². The first-order valence-electron chi connectivity index (χ1n) is 9.92. The van der Waals surface area contributed by atoms with Crippen molar-refractivity contribution < 1.29 is 26.3 Å². The topological polar surface area (TPSA) is 24.1 Å². The summed E-state index contributed by atoms with van der Waals surface area (Å²) < 4.78 is 76.0. The van der Waals surface area contributed by atoms with E-state index in [1.54, 1.807) is 0 Å². The summed E-state index contributed by atoms with van der Waals surface area (Å²) in [5.41, 5.74) is 0.213. The molecule has 0 bridgehead atoms. The molecule has 0 spiro atoms. The van der Waals surface area contributed by atoms with Crippen molar-refractivity contribution in [3.63, 3.8) is 0 Å². The Kier molecular flexibility index (Phi) is 7.08. The third-order valence-corrected chi connectivity index (χ3v) is 5.47. The van der Waals surface area contributed by atoms with Gasteiger partial charge in [-0.05, 0) is 48.2 Å². The summed E-state index contributed by atoms with van der Waals surface area (Å²) in [4.78, 5) is 0. The zero-order chi connectivity index (χ0) is 21.8. The Bertz CT molecular complexity index is 727. The lowest BCUT2D eigenvalue weighted by Gasteiger charge is -2.33. The van der Waals surface area contributed by atoms with Gasteiger partial charge in [-0.15, -0.1) is 0 Å². The van der Waals surface area contributed by atoms with E-state index in [1.165, 1.54) is 24.3 Å². The third kappa shape index (κ3) is 6.22. The maximum Gasteiger partial charge on any atom is 0.416 e. The van der Waals surface area contributed by atoms with Gasteiger partial charge in [0.05, 0.1) is 11.1 Å². The smallest absolute Gasteiger partial charge is 0.308 e.